The molecule has 2 aromatic heterocycles. The predicted molar refractivity (Wildman–Crippen MR) is 227 cm³/mol. The molecule has 0 N–H and O–H groups in total. The summed E-state index contributed by atoms with van der Waals surface area (Å²) in [4.78, 5) is 0. The first-order chi connectivity index (χ1) is 26.8. The first kappa shape index (κ1) is 29.4. The quantitative estimate of drug-likeness (QED) is 0.173. The zero-order chi connectivity index (χ0) is 35.3. The van der Waals surface area contributed by atoms with E-state index in [9.17, 15) is 0 Å². The second-order valence-electron chi connectivity index (χ2n) is 14.4. The van der Waals surface area contributed by atoms with Crippen molar-refractivity contribution >= 4 is 87.0 Å². The highest BCUT2D eigenvalue weighted by atomic mass is 16.3. The minimum Gasteiger partial charge on any atom is -0.456 e. The molecule has 0 amide bonds. The maximum absolute atomic E-state index is 6.40. The lowest BCUT2D eigenvalue weighted by atomic mass is 9.84. The average molecular weight is 687 g/mol. The van der Waals surface area contributed by atoms with E-state index in [-0.39, 0.29) is 0 Å². The molecule has 12 rings (SSSR count). The van der Waals surface area contributed by atoms with Crippen LogP contribution in [0.1, 0.15) is 0 Å². The monoisotopic (exact) mass is 686 g/mol. The molecule has 10 aromatic carbocycles. The van der Waals surface area contributed by atoms with Crippen LogP contribution in [0.4, 0.5) is 0 Å². The number of benzene rings is 10. The van der Waals surface area contributed by atoms with E-state index in [1.165, 1.54) is 65.3 Å². The number of furan rings is 2. The van der Waals surface area contributed by atoms with E-state index >= 15 is 0 Å². The Labute approximate surface area is 310 Å². The highest BCUT2D eigenvalue weighted by molar-refractivity contribution is 6.24. The molecule has 250 valence electrons. The van der Waals surface area contributed by atoms with Crippen LogP contribution in [0.15, 0.2) is 191 Å². The van der Waals surface area contributed by atoms with E-state index in [1.807, 2.05) is 6.07 Å². The van der Waals surface area contributed by atoms with Gasteiger partial charge in [-0.15, -0.1) is 0 Å². The lowest BCUT2D eigenvalue weighted by Crippen LogP contribution is -1.91. The van der Waals surface area contributed by atoms with Crippen molar-refractivity contribution in [3.63, 3.8) is 0 Å². The van der Waals surface area contributed by atoms with Crippen molar-refractivity contribution in [2.24, 2.45) is 0 Å². The summed E-state index contributed by atoms with van der Waals surface area (Å²) in [5, 5.41) is 14.4. The first-order valence-electron chi connectivity index (χ1n) is 18.5. The lowest BCUT2D eigenvalue weighted by Gasteiger charge is -2.19. The van der Waals surface area contributed by atoms with Gasteiger partial charge in [-0.25, -0.2) is 0 Å². The van der Waals surface area contributed by atoms with Gasteiger partial charge in [0.15, 0.2) is 0 Å². The van der Waals surface area contributed by atoms with Crippen molar-refractivity contribution < 1.29 is 8.83 Å². The zero-order valence-electron chi connectivity index (χ0n) is 29.1. The van der Waals surface area contributed by atoms with Crippen LogP contribution in [0, 0.1) is 0 Å². The topological polar surface area (TPSA) is 26.3 Å². The molecule has 0 aliphatic heterocycles. The lowest BCUT2D eigenvalue weighted by molar-refractivity contribution is 0.656. The SMILES string of the molecule is c1ccc2c(-c3c4ccccc4c(-c4ccc(-c5ccc6oc7cc8oc9ccc%10ccccc%10c9c8cc7c6c5)cc4)c4ccccc34)cccc2c1. The van der Waals surface area contributed by atoms with E-state index in [4.69, 9.17) is 8.83 Å². The fraction of sp³-hybridized carbons (Fsp3) is 0. The van der Waals surface area contributed by atoms with Crippen molar-refractivity contribution in [1.29, 1.82) is 0 Å². The summed E-state index contributed by atoms with van der Waals surface area (Å²) >= 11 is 0. The first-order valence-corrected chi connectivity index (χ1v) is 18.5. The van der Waals surface area contributed by atoms with Crippen LogP contribution in [0.3, 0.4) is 0 Å². The van der Waals surface area contributed by atoms with Gasteiger partial charge in [0.25, 0.3) is 0 Å². The maximum atomic E-state index is 6.40. The molecule has 0 aliphatic rings. The van der Waals surface area contributed by atoms with Crippen molar-refractivity contribution in [1.82, 2.24) is 0 Å². The van der Waals surface area contributed by atoms with Crippen LogP contribution in [0.5, 0.6) is 0 Å². The van der Waals surface area contributed by atoms with Gasteiger partial charge in [-0.1, -0.05) is 152 Å². The van der Waals surface area contributed by atoms with Crippen LogP contribution in [-0.2, 0) is 0 Å². The Bertz CT molecular complexity index is 3430. The van der Waals surface area contributed by atoms with Gasteiger partial charge in [0, 0.05) is 27.6 Å². The fourth-order valence-corrected chi connectivity index (χ4v) is 9.00. The molecule has 2 nitrogen and oxygen atoms in total. The zero-order valence-corrected chi connectivity index (χ0v) is 29.1. The summed E-state index contributed by atoms with van der Waals surface area (Å²) in [6.45, 7) is 0. The molecule has 0 saturated carbocycles. The van der Waals surface area contributed by atoms with Gasteiger partial charge in [-0.3, -0.25) is 0 Å². The smallest absolute Gasteiger partial charge is 0.139 e. The van der Waals surface area contributed by atoms with E-state index < -0.39 is 0 Å². The molecule has 0 aliphatic carbocycles. The molecule has 2 heteroatoms. The number of fused-ring (bicyclic) bond motifs is 11. The van der Waals surface area contributed by atoms with E-state index in [1.54, 1.807) is 0 Å². The summed E-state index contributed by atoms with van der Waals surface area (Å²) in [6, 6.07) is 65.7. The largest absolute Gasteiger partial charge is 0.456 e. The third-order valence-corrected chi connectivity index (χ3v) is 11.4. The highest BCUT2D eigenvalue weighted by Gasteiger charge is 2.19. The van der Waals surface area contributed by atoms with Crippen LogP contribution < -0.4 is 0 Å². The summed E-state index contributed by atoms with van der Waals surface area (Å²) in [5.41, 5.74) is 10.8. The number of rotatable bonds is 3. The molecule has 2 heterocycles. The van der Waals surface area contributed by atoms with Gasteiger partial charge in [-0.2, -0.15) is 0 Å². The molecule has 0 radical (unpaired) electrons. The Morgan fingerprint density at radius 2 is 0.778 bits per heavy atom. The Balaban J connectivity index is 1.01. The minimum atomic E-state index is 0.832. The average Bonchev–Trinajstić information content (AvgIpc) is 3.79. The summed E-state index contributed by atoms with van der Waals surface area (Å²) in [5.74, 6) is 0. The number of hydrogen-bond donors (Lipinski definition) is 0. The van der Waals surface area contributed by atoms with Gasteiger partial charge in [0.2, 0.25) is 0 Å². The van der Waals surface area contributed by atoms with Crippen LogP contribution in [0.2, 0.25) is 0 Å². The molecular formula is C52H30O2. The van der Waals surface area contributed by atoms with E-state index in [0.717, 1.165) is 55.0 Å². The minimum absolute atomic E-state index is 0.832. The normalized spacial score (nSPS) is 12.1. The van der Waals surface area contributed by atoms with Crippen molar-refractivity contribution in [2.75, 3.05) is 0 Å². The Morgan fingerprint density at radius 1 is 0.259 bits per heavy atom. The Hall–Kier alpha value is -7.16. The Kier molecular flexibility index (Phi) is 6.09. The summed E-state index contributed by atoms with van der Waals surface area (Å²) < 4.78 is 12.7. The molecule has 54 heavy (non-hydrogen) atoms. The van der Waals surface area contributed by atoms with Gasteiger partial charge >= 0.3 is 0 Å². The molecule has 0 unspecified atom stereocenters. The molecule has 0 spiro atoms. The van der Waals surface area contributed by atoms with Gasteiger partial charge in [0.1, 0.15) is 22.3 Å². The fourth-order valence-electron chi connectivity index (χ4n) is 9.00. The van der Waals surface area contributed by atoms with Crippen molar-refractivity contribution in [3.8, 4) is 33.4 Å². The number of hydrogen-bond acceptors (Lipinski definition) is 2. The van der Waals surface area contributed by atoms with Crippen LogP contribution in [-0.4, -0.2) is 0 Å². The van der Waals surface area contributed by atoms with E-state index in [2.05, 4.69) is 176 Å². The van der Waals surface area contributed by atoms with Crippen LogP contribution in [0.25, 0.3) is 120 Å². The second-order valence-corrected chi connectivity index (χ2v) is 14.4. The van der Waals surface area contributed by atoms with Crippen molar-refractivity contribution in [2.45, 2.75) is 0 Å². The second kappa shape index (κ2) is 11.2. The van der Waals surface area contributed by atoms with Crippen molar-refractivity contribution in [3.05, 3.63) is 182 Å². The Morgan fingerprint density at radius 3 is 1.52 bits per heavy atom. The third kappa shape index (κ3) is 4.22. The molecule has 0 atom stereocenters. The molecular weight excluding hydrogens is 657 g/mol. The maximum Gasteiger partial charge on any atom is 0.139 e. The van der Waals surface area contributed by atoms with E-state index in [0.29, 0.717) is 0 Å². The third-order valence-electron chi connectivity index (χ3n) is 11.4. The van der Waals surface area contributed by atoms with Gasteiger partial charge in [0.05, 0.1) is 0 Å². The predicted octanol–water partition coefficient (Wildman–Crippen LogP) is 15.1. The highest BCUT2D eigenvalue weighted by Crippen LogP contribution is 2.46. The molecule has 0 bridgehead atoms. The standard InChI is InChI=1S/C52H30O2/c1-3-13-36-32(10-1)12-9-19-38(36)51-41-17-7-5-15-39(41)50(40-16-6-8-18-42(40)51)34-22-20-31(21-23-34)35-25-26-46-43(28-35)44-29-45-49(30-48(44)53-46)54-47-27-24-33-11-2-4-14-37(33)52(45)47/h1-30H. The molecule has 12 aromatic rings. The van der Waals surface area contributed by atoms with Gasteiger partial charge < -0.3 is 8.83 Å². The van der Waals surface area contributed by atoms with Gasteiger partial charge in [-0.05, 0) is 101 Å². The summed E-state index contributed by atoms with van der Waals surface area (Å²) in [6.07, 6.45) is 0. The molecule has 0 saturated heterocycles. The van der Waals surface area contributed by atoms with Crippen LogP contribution >= 0.6 is 0 Å². The summed E-state index contributed by atoms with van der Waals surface area (Å²) in [7, 11) is 0. The molecule has 0 fully saturated rings.